The molecule has 4 aromatic rings. The number of rotatable bonds is 8. The van der Waals surface area contributed by atoms with Gasteiger partial charge in [0.1, 0.15) is 5.82 Å². The number of benzene rings is 2. The van der Waals surface area contributed by atoms with E-state index in [-0.39, 0.29) is 31.1 Å². The third-order valence-corrected chi connectivity index (χ3v) is 5.51. The van der Waals surface area contributed by atoms with E-state index >= 15 is 0 Å². The molecular weight excluding hydrogens is 440 g/mol. The van der Waals surface area contributed by atoms with Gasteiger partial charge in [-0.05, 0) is 35.2 Å². The molecule has 4 rings (SSSR count). The molecule has 0 saturated carbocycles. The highest BCUT2D eigenvalue weighted by molar-refractivity contribution is 5.85. The van der Waals surface area contributed by atoms with Gasteiger partial charge < -0.3 is 5.11 Å². The summed E-state index contributed by atoms with van der Waals surface area (Å²) in [5, 5.41) is 23.7. The Balaban J connectivity index is 0.00000306. The summed E-state index contributed by atoms with van der Waals surface area (Å²) in [6, 6.07) is 16.1. The molecule has 172 valence electrons. The van der Waals surface area contributed by atoms with Gasteiger partial charge in [-0.3, -0.25) is 9.36 Å². The number of aromatic amines is 1. The molecule has 2 N–H and O–H groups in total. The van der Waals surface area contributed by atoms with Gasteiger partial charge in [0.25, 0.3) is 5.56 Å². The van der Waals surface area contributed by atoms with Gasteiger partial charge in [0, 0.05) is 17.5 Å². The zero-order chi connectivity index (χ0) is 22.5. The zero-order valence-electron chi connectivity index (χ0n) is 18.7. The van der Waals surface area contributed by atoms with Crippen molar-refractivity contribution in [3.63, 3.8) is 0 Å². The average Bonchev–Trinajstić information content (AvgIpc) is 3.35. The Morgan fingerprint density at radius 3 is 2.42 bits per heavy atom. The van der Waals surface area contributed by atoms with Crippen molar-refractivity contribution >= 4 is 12.4 Å². The summed E-state index contributed by atoms with van der Waals surface area (Å²) in [5.41, 5.74) is 5.44. The van der Waals surface area contributed by atoms with Crippen molar-refractivity contribution in [1.29, 1.82) is 0 Å². The lowest BCUT2D eigenvalue weighted by molar-refractivity contribution is 0.271. The quantitative estimate of drug-likeness (QED) is 0.412. The molecule has 33 heavy (non-hydrogen) atoms. The Kier molecular flexibility index (Phi) is 8.08. The molecule has 0 saturated heterocycles. The highest BCUT2D eigenvalue weighted by atomic mass is 35.5. The Hall–Kier alpha value is -3.36. The normalized spacial score (nSPS) is 10.8. The van der Waals surface area contributed by atoms with E-state index in [0.717, 1.165) is 40.8 Å². The predicted molar refractivity (Wildman–Crippen MR) is 129 cm³/mol. The fraction of sp³-hybridized carbons (Fsp3) is 0.292. The maximum Gasteiger partial charge on any atom is 0.257 e. The van der Waals surface area contributed by atoms with Gasteiger partial charge in [-0.1, -0.05) is 61.9 Å². The monoisotopic (exact) mass is 466 g/mol. The summed E-state index contributed by atoms with van der Waals surface area (Å²) in [6.45, 7) is 4.05. The van der Waals surface area contributed by atoms with Crippen LogP contribution in [0.25, 0.3) is 22.5 Å². The van der Waals surface area contributed by atoms with E-state index < -0.39 is 0 Å². The summed E-state index contributed by atoms with van der Waals surface area (Å²) in [5.74, 6) is 1.19. The number of nitrogens with zero attached hydrogens (tertiary/aromatic N) is 5. The molecule has 0 unspecified atom stereocenters. The lowest BCUT2D eigenvalue weighted by atomic mass is 9.96. The van der Waals surface area contributed by atoms with Crippen LogP contribution in [0, 0.1) is 6.92 Å². The fourth-order valence-electron chi connectivity index (χ4n) is 3.95. The van der Waals surface area contributed by atoms with Gasteiger partial charge in [0.2, 0.25) is 5.82 Å². The number of aromatic nitrogens is 6. The van der Waals surface area contributed by atoms with Gasteiger partial charge in [-0.2, -0.15) is 5.21 Å². The Labute approximate surface area is 198 Å². The third-order valence-electron chi connectivity index (χ3n) is 5.51. The summed E-state index contributed by atoms with van der Waals surface area (Å²) >= 11 is 0. The summed E-state index contributed by atoms with van der Waals surface area (Å²) < 4.78 is 1.56. The minimum Gasteiger partial charge on any atom is -0.395 e. The SMILES string of the molecule is CCCc1nc(C)n(CCO)c(=O)c1Cc1ccc(-c2ccccc2-c2nn[nH]n2)cc1.Cl. The van der Waals surface area contributed by atoms with Crippen molar-refractivity contribution in [2.45, 2.75) is 39.7 Å². The topological polar surface area (TPSA) is 110 Å². The predicted octanol–water partition coefficient (Wildman–Crippen LogP) is 3.36. The number of tetrazole rings is 1. The molecule has 0 bridgehead atoms. The molecule has 8 nitrogen and oxygen atoms in total. The molecule has 0 aliphatic rings. The number of nitrogens with one attached hydrogen (secondary N) is 1. The van der Waals surface area contributed by atoms with E-state index in [9.17, 15) is 9.90 Å². The Morgan fingerprint density at radius 2 is 1.79 bits per heavy atom. The van der Waals surface area contributed by atoms with Crippen LogP contribution < -0.4 is 5.56 Å². The highest BCUT2D eigenvalue weighted by Crippen LogP contribution is 2.30. The minimum atomic E-state index is -0.0938. The standard InChI is InChI=1S/C24H26N6O2.ClH/c1-3-6-22-21(24(32)30(13-14-31)16(2)25-22)15-17-9-11-18(12-10-17)19-7-4-5-8-20(19)23-26-28-29-27-23;/h4-5,7-12,31H,3,6,13-15H2,1-2H3,(H,26,27,28,29);1H. The van der Waals surface area contributed by atoms with Crippen molar-refractivity contribution in [1.82, 2.24) is 30.2 Å². The summed E-state index contributed by atoms with van der Waals surface area (Å²) in [6.07, 6.45) is 2.16. The molecule has 0 spiro atoms. The van der Waals surface area contributed by atoms with E-state index in [1.807, 2.05) is 55.5 Å². The number of aliphatic hydroxyl groups is 1. The lowest BCUT2D eigenvalue weighted by Gasteiger charge is -2.15. The molecular formula is C24H27ClN6O2. The van der Waals surface area contributed by atoms with Crippen LogP contribution in [0.4, 0.5) is 0 Å². The van der Waals surface area contributed by atoms with E-state index in [2.05, 4.69) is 32.5 Å². The van der Waals surface area contributed by atoms with Crippen LogP contribution in [0.2, 0.25) is 0 Å². The van der Waals surface area contributed by atoms with Crippen LogP contribution >= 0.6 is 12.4 Å². The summed E-state index contributed by atoms with van der Waals surface area (Å²) in [4.78, 5) is 17.8. The number of hydrogen-bond donors (Lipinski definition) is 2. The third kappa shape index (κ3) is 5.18. The maximum absolute atomic E-state index is 13.1. The lowest BCUT2D eigenvalue weighted by Crippen LogP contribution is -2.30. The second-order valence-electron chi connectivity index (χ2n) is 7.67. The van der Waals surface area contributed by atoms with Crippen LogP contribution in [0.5, 0.6) is 0 Å². The van der Waals surface area contributed by atoms with Crippen LogP contribution in [-0.2, 0) is 19.4 Å². The number of aryl methyl sites for hydroxylation is 2. The van der Waals surface area contributed by atoms with Crippen molar-refractivity contribution in [3.05, 3.63) is 81.5 Å². The molecule has 0 atom stereocenters. The number of H-pyrrole nitrogens is 1. The molecule has 0 aliphatic carbocycles. The molecule has 0 amide bonds. The van der Waals surface area contributed by atoms with Gasteiger partial charge >= 0.3 is 0 Å². The van der Waals surface area contributed by atoms with Gasteiger partial charge in [-0.15, -0.1) is 22.6 Å². The first-order valence-electron chi connectivity index (χ1n) is 10.7. The Morgan fingerprint density at radius 1 is 1.06 bits per heavy atom. The van der Waals surface area contributed by atoms with Crippen LogP contribution in [0.15, 0.2) is 53.3 Å². The number of hydrogen-bond acceptors (Lipinski definition) is 6. The first-order chi connectivity index (χ1) is 15.6. The fourth-order valence-corrected chi connectivity index (χ4v) is 3.95. The van der Waals surface area contributed by atoms with Crippen LogP contribution in [0.1, 0.15) is 36.0 Å². The van der Waals surface area contributed by atoms with E-state index in [0.29, 0.717) is 23.6 Å². The van der Waals surface area contributed by atoms with Crippen LogP contribution in [-0.4, -0.2) is 41.9 Å². The van der Waals surface area contributed by atoms with E-state index in [1.54, 1.807) is 4.57 Å². The zero-order valence-corrected chi connectivity index (χ0v) is 19.5. The van der Waals surface area contributed by atoms with E-state index in [1.165, 1.54) is 0 Å². The maximum atomic E-state index is 13.1. The first-order valence-corrected chi connectivity index (χ1v) is 10.7. The van der Waals surface area contributed by atoms with E-state index in [4.69, 9.17) is 0 Å². The molecule has 2 aromatic carbocycles. The molecule has 9 heteroatoms. The molecule has 2 aromatic heterocycles. The van der Waals surface area contributed by atoms with Crippen molar-refractivity contribution < 1.29 is 5.11 Å². The second kappa shape index (κ2) is 11.0. The minimum absolute atomic E-state index is 0. The first kappa shape index (κ1) is 24.3. The van der Waals surface area contributed by atoms with Crippen molar-refractivity contribution in [2.24, 2.45) is 0 Å². The van der Waals surface area contributed by atoms with Gasteiger partial charge in [0.05, 0.1) is 18.8 Å². The molecule has 2 heterocycles. The molecule has 0 fully saturated rings. The smallest absolute Gasteiger partial charge is 0.257 e. The average molecular weight is 467 g/mol. The van der Waals surface area contributed by atoms with Gasteiger partial charge in [0.15, 0.2) is 0 Å². The highest BCUT2D eigenvalue weighted by Gasteiger charge is 2.15. The second-order valence-corrected chi connectivity index (χ2v) is 7.67. The largest absolute Gasteiger partial charge is 0.395 e. The molecule has 0 radical (unpaired) electrons. The molecule has 0 aliphatic heterocycles. The Bertz CT molecular complexity index is 1250. The van der Waals surface area contributed by atoms with Crippen molar-refractivity contribution in [3.8, 4) is 22.5 Å². The van der Waals surface area contributed by atoms with Crippen LogP contribution in [0.3, 0.4) is 0 Å². The van der Waals surface area contributed by atoms with Crippen molar-refractivity contribution in [2.75, 3.05) is 6.61 Å². The number of aliphatic hydroxyl groups excluding tert-OH is 1. The number of halogens is 1. The summed E-state index contributed by atoms with van der Waals surface area (Å²) in [7, 11) is 0. The van der Waals surface area contributed by atoms with Gasteiger partial charge in [-0.25, -0.2) is 4.98 Å².